The van der Waals surface area contributed by atoms with Crippen molar-refractivity contribution in [3.8, 4) is 0 Å². The number of anilines is 1. The van der Waals surface area contributed by atoms with Gasteiger partial charge in [0.05, 0.1) is 29.9 Å². The summed E-state index contributed by atoms with van der Waals surface area (Å²) in [6.07, 6.45) is -2.23. The van der Waals surface area contributed by atoms with Crippen LogP contribution < -0.4 is 5.73 Å². The smallest absolute Gasteiger partial charge is 0.383 e. The molecule has 0 saturated carbocycles. The number of hydrogen-bond acceptors (Lipinski definition) is 6. The van der Waals surface area contributed by atoms with Gasteiger partial charge in [-0.1, -0.05) is 0 Å². The number of nitrogens with zero attached hydrogens (tertiary/aromatic N) is 6. The van der Waals surface area contributed by atoms with E-state index in [1.165, 1.54) is 22.0 Å². The predicted octanol–water partition coefficient (Wildman–Crippen LogP) is 3.51. The Morgan fingerprint density at radius 2 is 1.91 bits per heavy atom. The second-order valence-electron chi connectivity index (χ2n) is 7.63. The molecule has 0 radical (unpaired) electrons. The van der Waals surface area contributed by atoms with Crippen LogP contribution in [-0.2, 0) is 26.3 Å². The molecule has 170 valence electrons. The van der Waals surface area contributed by atoms with Crippen LogP contribution in [-0.4, -0.2) is 35.5 Å². The quantitative estimate of drug-likeness (QED) is 0.494. The van der Waals surface area contributed by atoms with Gasteiger partial charge in [0.2, 0.25) is 0 Å². The third-order valence-corrected chi connectivity index (χ3v) is 5.06. The molecule has 0 aliphatic rings. The highest BCUT2D eigenvalue weighted by molar-refractivity contribution is 5.98. The van der Waals surface area contributed by atoms with E-state index >= 15 is 0 Å². The normalized spacial score (nSPS) is 11.7. The molecule has 3 aromatic heterocycles. The Morgan fingerprint density at radius 3 is 2.55 bits per heavy atom. The van der Waals surface area contributed by atoms with Gasteiger partial charge in [0, 0.05) is 24.2 Å². The molecule has 8 nitrogen and oxygen atoms in total. The molecule has 0 fully saturated rings. The van der Waals surface area contributed by atoms with Gasteiger partial charge in [-0.3, -0.25) is 14.5 Å². The van der Waals surface area contributed by atoms with Crippen molar-refractivity contribution in [3.63, 3.8) is 0 Å². The first-order chi connectivity index (χ1) is 15.6. The number of alkyl halides is 3. The van der Waals surface area contributed by atoms with Crippen LogP contribution in [0.5, 0.6) is 0 Å². The average Bonchev–Trinajstić information content (AvgIpc) is 3.17. The molecule has 1 amide bonds. The van der Waals surface area contributed by atoms with Crippen molar-refractivity contribution in [1.29, 1.82) is 0 Å². The lowest BCUT2D eigenvalue weighted by molar-refractivity contribution is -0.137. The summed E-state index contributed by atoms with van der Waals surface area (Å²) in [5.74, 6) is 0.460. The van der Waals surface area contributed by atoms with E-state index in [4.69, 9.17) is 5.73 Å². The summed E-state index contributed by atoms with van der Waals surface area (Å²) in [4.78, 5) is 27.2. The van der Waals surface area contributed by atoms with Gasteiger partial charge in [-0.25, -0.2) is 9.97 Å². The number of aromatic nitrogens is 5. The van der Waals surface area contributed by atoms with Gasteiger partial charge < -0.3 is 10.6 Å². The molecule has 0 atom stereocenters. The Kier molecular flexibility index (Phi) is 5.71. The largest absolute Gasteiger partial charge is 0.417 e. The summed E-state index contributed by atoms with van der Waals surface area (Å²) in [7, 11) is 1.70. The van der Waals surface area contributed by atoms with Crippen LogP contribution in [0.1, 0.15) is 33.0 Å². The Bertz CT molecular complexity index is 1320. The SMILES string of the molecule is Cc1cc2cc(C(=O)N(Cc3ccc(C(F)(F)F)cn3)Cc3ncn(C)n3)ccc2nc1N. The minimum Gasteiger partial charge on any atom is -0.383 e. The maximum Gasteiger partial charge on any atom is 0.417 e. The molecular weight excluding hydrogens is 435 g/mol. The number of halogens is 3. The molecule has 4 rings (SSSR count). The molecule has 33 heavy (non-hydrogen) atoms. The second kappa shape index (κ2) is 8.49. The molecular formula is C22H20F3N7O. The number of carbonyl (C=O) groups is 1. The highest BCUT2D eigenvalue weighted by atomic mass is 19.4. The van der Waals surface area contributed by atoms with Crippen molar-refractivity contribution in [2.24, 2.45) is 7.05 Å². The van der Waals surface area contributed by atoms with Crippen molar-refractivity contribution in [2.45, 2.75) is 26.2 Å². The summed E-state index contributed by atoms with van der Waals surface area (Å²) in [5, 5.41) is 4.95. The van der Waals surface area contributed by atoms with Gasteiger partial charge in [-0.05, 0) is 48.9 Å². The van der Waals surface area contributed by atoms with Crippen molar-refractivity contribution < 1.29 is 18.0 Å². The molecule has 4 aromatic rings. The molecule has 0 unspecified atom stereocenters. The fourth-order valence-corrected chi connectivity index (χ4v) is 3.32. The topological polar surface area (TPSA) is 103 Å². The van der Waals surface area contributed by atoms with E-state index in [0.717, 1.165) is 23.2 Å². The Hall–Kier alpha value is -4.02. The zero-order valence-electron chi connectivity index (χ0n) is 17.8. The van der Waals surface area contributed by atoms with Crippen LogP contribution in [0.4, 0.5) is 19.0 Å². The van der Waals surface area contributed by atoms with E-state index in [1.807, 2.05) is 13.0 Å². The molecule has 2 N–H and O–H groups in total. The highest BCUT2D eigenvalue weighted by Gasteiger charge is 2.30. The standard InChI is InChI=1S/C22H20F3N7O/c1-13-7-15-8-14(3-6-18(15)29-20(13)26)21(33)32(11-19-28-12-31(2)30-19)10-17-5-4-16(9-27-17)22(23,24)25/h3-9,12H,10-11H2,1-2H3,(H2,26,29). The van der Waals surface area contributed by atoms with Crippen LogP contribution in [0, 0.1) is 6.92 Å². The molecule has 0 saturated heterocycles. The van der Waals surface area contributed by atoms with Gasteiger partial charge >= 0.3 is 6.18 Å². The Balaban J connectivity index is 1.65. The first-order valence-electron chi connectivity index (χ1n) is 9.93. The number of carbonyl (C=O) groups excluding carboxylic acids is 1. The summed E-state index contributed by atoms with van der Waals surface area (Å²) in [6.45, 7) is 1.86. The van der Waals surface area contributed by atoms with Crippen LogP contribution in [0.15, 0.2) is 48.9 Å². The summed E-state index contributed by atoms with van der Waals surface area (Å²) in [6, 6.07) is 9.08. The maximum atomic E-state index is 13.4. The van der Waals surface area contributed by atoms with Gasteiger partial charge in [-0.15, -0.1) is 0 Å². The Morgan fingerprint density at radius 1 is 1.12 bits per heavy atom. The first-order valence-corrected chi connectivity index (χ1v) is 9.93. The van der Waals surface area contributed by atoms with Crippen molar-refractivity contribution in [2.75, 3.05) is 5.73 Å². The predicted molar refractivity (Wildman–Crippen MR) is 115 cm³/mol. The summed E-state index contributed by atoms with van der Waals surface area (Å²) in [5.41, 5.74) is 7.14. The minimum atomic E-state index is -4.49. The molecule has 0 bridgehead atoms. The van der Waals surface area contributed by atoms with Crippen molar-refractivity contribution in [1.82, 2.24) is 29.6 Å². The number of fused-ring (bicyclic) bond motifs is 1. The van der Waals surface area contributed by atoms with E-state index < -0.39 is 11.7 Å². The number of benzene rings is 1. The molecule has 1 aromatic carbocycles. The zero-order chi connectivity index (χ0) is 23.8. The molecule has 11 heteroatoms. The highest BCUT2D eigenvalue weighted by Crippen LogP contribution is 2.28. The average molecular weight is 455 g/mol. The summed E-state index contributed by atoms with van der Waals surface area (Å²) >= 11 is 0. The fourth-order valence-electron chi connectivity index (χ4n) is 3.32. The molecule has 3 heterocycles. The van der Waals surface area contributed by atoms with Gasteiger partial charge in [0.25, 0.3) is 5.91 Å². The van der Waals surface area contributed by atoms with E-state index in [-0.39, 0.29) is 19.0 Å². The number of amides is 1. The number of hydrogen-bond donors (Lipinski definition) is 1. The van der Waals surface area contributed by atoms with E-state index in [9.17, 15) is 18.0 Å². The summed E-state index contributed by atoms with van der Waals surface area (Å²) < 4.78 is 40.1. The number of nitrogens with two attached hydrogens (primary N) is 1. The van der Waals surface area contributed by atoms with Crippen molar-refractivity contribution in [3.05, 3.63) is 77.1 Å². The molecule has 0 aliphatic carbocycles. The lowest BCUT2D eigenvalue weighted by Gasteiger charge is -2.21. The zero-order valence-corrected chi connectivity index (χ0v) is 17.8. The monoisotopic (exact) mass is 455 g/mol. The van der Waals surface area contributed by atoms with E-state index in [0.29, 0.717) is 28.4 Å². The number of rotatable bonds is 5. The molecule has 0 spiro atoms. The third-order valence-electron chi connectivity index (χ3n) is 5.06. The minimum absolute atomic E-state index is 0.0216. The van der Waals surface area contributed by atoms with Crippen LogP contribution in [0.3, 0.4) is 0 Å². The lowest BCUT2D eigenvalue weighted by atomic mass is 10.1. The second-order valence-corrected chi connectivity index (χ2v) is 7.63. The number of nitrogen functional groups attached to an aromatic ring is 1. The Labute approximate surface area is 186 Å². The van der Waals surface area contributed by atoms with Crippen LogP contribution in [0.2, 0.25) is 0 Å². The van der Waals surface area contributed by atoms with Gasteiger partial charge in [0.1, 0.15) is 12.1 Å². The van der Waals surface area contributed by atoms with Crippen molar-refractivity contribution >= 4 is 22.6 Å². The number of pyridine rings is 2. The van der Waals surface area contributed by atoms with Gasteiger partial charge in [0.15, 0.2) is 5.82 Å². The molecule has 0 aliphatic heterocycles. The fraction of sp³-hybridized carbons (Fsp3) is 0.227. The van der Waals surface area contributed by atoms with E-state index in [2.05, 4.69) is 20.1 Å². The van der Waals surface area contributed by atoms with Crippen LogP contribution >= 0.6 is 0 Å². The van der Waals surface area contributed by atoms with Gasteiger partial charge in [-0.2, -0.15) is 18.3 Å². The third kappa shape index (κ3) is 4.92. The van der Waals surface area contributed by atoms with Crippen LogP contribution in [0.25, 0.3) is 10.9 Å². The van der Waals surface area contributed by atoms with E-state index in [1.54, 1.807) is 25.2 Å². The number of aryl methyl sites for hydroxylation is 2. The first kappa shape index (κ1) is 22.2. The lowest BCUT2D eigenvalue weighted by Crippen LogP contribution is -2.31. The maximum absolute atomic E-state index is 13.4.